The molecule has 1 atom stereocenters. The lowest BCUT2D eigenvalue weighted by Gasteiger charge is -2.33. The van der Waals surface area contributed by atoms with Crippen molar-refractivity contribution in [2.24, 2.45) is 4.99 Å². The highest BCUT2D eigenvalue weighted by Gasteiger charge is 2.21. The lowest BCUT2D eigenvalue weighted by Crippen LogP contribution is -2.49. The van der Waals surface area contributed by atoms with E-state index < -0.39 is 0 Å². The molecule has 1 aliphatic rings. The summed E-state index contributed by atoms with van der Waals surface area (Å²) in [5.41, 5.74) is 1.15. The molecule has 0 saturated carbocycles. The van der Waals surface area contributed by atoms with Gasteiger partial charge in [-0.2, -0.15) is 5.10 Å². The Balaban J connectivity index is 1.34. The number of nitrogens with zero attached hydrogens (tertiary/aromatic N) is 4. The van der Waals surface area contributed by atoms with Crippen molar-refractivity contribution in [1.29, 1.82) is 0 Å². The maximum absolute atomic E-state index is 6.07. The Morgan fingerprint density at radius 1 is 1.23 bits per heavy atom. The topological polar surface area (TPSA) is 57.5 Å². The zero-order chi connectivity index (χ0) is 20.8. The van der Waals surface area contributed by atoms with E-state index in [0.717, 1.165) is 42.5 Å². The van der Waals surface area contributed by atoms with Crippen LogP contribution in [0.3, 0.4) is 0 Å². The smallest absolute Gasteiger partial charge is 0.191 e. The highest BCUT2D eigenvalue weighted by Crippen LogP contribution is 2.25. The van der Waals surface area contributed by atoms with Gasteiger partial charge in [0.2, 0.25) is 0 Å². The normalized spacial score (nSPS) is 16.5. The van der Waals surface area contributed by atoms with Crippen LogP contribution in [0.5, 0.6) is 0 Å². The van der Waals surface area contributed by atoms with Crippen molar-refractivity contribution >= 4 is 33.9 Å². The minimum absolute atomic E-state index is 0.0523. The number of thiophene rings is 1. The molecule has 1 aromatic carbocycles. The number of piperidine rings is 1. The Morgan fingerprint density at radius 3 is 2.67 bits per heavy atom. The number of guanidine groups is 1. The SMILES string of the molecule is CN=C(NCC(c1ccc(Cl)cc1)n1cccn1)NC1CCN(c2cccs2)CC1. The third kappa shape index (κ3) is 5.15. The van der Waals surface area contributed by atoms with Gasteiger partial charge >= 0.3 is 0 Å². The average molecular weight is 443 g/mol. The first-order valence-electron chi connectivity index (χ1n) is 10.2. The van der Waals surface area contributed by atoms with Crippen LogP contribution in [0, 0.1) is 0 Å². The van der Waals surface area contributed by atoms with E-state index in [1.54, 1.807) is 6.20 Å². The van der Waals surface area contributed by atoms with E-state index in [1.165, 1.54) is 5.00 Å². The average Bonchev–Trinajstić information content (AvgIpc) is 3.49. The van der Waals surface area contributed by atoms with Crippen LogP contribution in [0.1, 0.15) is 24.4 Å². The fourth-order valence-corrected chi connectivity index (χ4v) is 4.70. The minimum Gasteiger partial charge on any atom is -0.363 e. The maximum atomic E-state index is 6.07. The van der Waals surface area contributed by atoms with Crippen LogP contribution in [-0.4, -0.2) is 48.5 Å². The third-order valence-electron chi connectivity index (χ3n) is 5.44. The Hall–Kier alpha value is -2.51. The van der Waals surface area contributed by atoms with Gasteiger partial charge < -0.3 is 15.5 Å². The number of anilines is 1. The Morgan fingerprint density at radius 2 is 2.03 bits per heavy atom. The first-order valence-corrected chi connectivity index (χ1v) is 11.5. The Labute approximate surface area is 186 Å². The number of hydrogen-bond donors (Lipinski definition) is 2. The van der Waals surface area contributed by atoms with Crippen molar-refractivity contribution in [3.63, 3.8) is 0 Å². The molecule has 4 rings (SSSR count). The zero-order valence-corrected chi connectivity index (χ0v) is 18.6. The summed E-state index contributed by atoms with van der Waals surface area (Å²) in [5, 5.41) is 15.8. The molecule has 158 valence electrons. The van der Waals surface area contributed by atoms with Gasteiger partial charge in [0, 0.05) is 50.1 Å². The van der Waals surface area contributed by atoms with Crippen molar-refractivity contribution in [1.82, 2.24) is 20.4 Å². The van der Waals surface area contributed by atoms with E-state index in [1.807, 2.05) is 59.6 Å². The van der Waals surface area contributed by atoms with Crippen molar-refractivity contribution in [3.8, 4) is 0 Å². The van der Waals surface area contributed by atoms with Crippen LogP contribution < -0.4 is 15.5 Å². The second-order valence-electron chi connectivity index (χ2n) is 7.36. The van der Waals surface area contributed by atoms with Gasteiger partial charge in [-0.1, -0.05) is 23.7 Å². The molecule has 6 nitrogen and oxygen atoms in total. The molecule has 30 heavy (non-hydrogen) atoms. The second-order valence-corrected chi connectivity index (χ2v) is 8.73. The standard InChI is InChI=1S/C22H27ClN6S/c1-24-22(27-19-9-13-28(14-10-19)21-4-2-15-30-21)25-16-20(29-12-3-11-26-29)17-5-7-18(23)8-6-17/h2-8,11-12,15,19-20H,9-10,13-14,16H2,1H3,(H2,24,25,27). The molecule has 1 saturated heterocycles. The number of aromatic nitrogens is 2. The number of hydrogen-bond acceptors (Lipinski definition) is 4. The fourth-order valence-electron chi connectivity index (χ4n) is 3.79. The molecule has 0 radical (unpaired) electrons. The predicted octanol–water partition coefficient (Wildman–Crippen LogP) is 4.02. The molecule has 1 fully saturated rings. The van der Waals surface area contributed by atoms with Gasteiger partial charge in [-0.25, -0.2) is 0 Å². The molecule has 2 aromatic heterocycles. The second kappa shape index (κ2) is 10.00. The molecule has 3 heterocycles. The number of rotatable bonds is 6. The van der Waals surface area contributed by atoms with Gasteiger partial charge in [-0.05, 0) is 54.1 Å². The van der Waals surface area contributed by atoms with Crippen LogP contribution >= 0.6 is 22.9 Å². The number of aliphatic imine (C=N–C) groups is 1. The first kappa shape index (κ1) is 20.8. The third-order valence-corrected chi connectivity index (χ3v) is 6.62. The highest BCUT2D eigenvalue weighted by molar-refractivity contribution is 7.14. The molecule has 0 aliphatic carbocycles. The summed E-state index contributed by atoms with van der Waals surface area (Å²) in [6.45, 7) is 2.81. The van der Waals surface area contributed by atoms with E-state index >= 15 is 0 Å². The maximum Gasteiger partial charge on any atom is 0.191 e. The van der Waals surface area contributed by atoms with E-state index in [0.29, 0.717) is 12.6 Å². The summed E-state index contributed by atoms with van der Waals surface area (Å²) >= 11 is 7.88. The molecule has 8 heteroatoms. The van der Waals surface area contributed by atoms with Gasteiger partial charge in [0.25, 0.3) is 0 Å². The summed E-state index contributed by atoms with van der Waals surface area (Å²) in [6, 6.07) is 14.7. The van der Waals surface area contributed by atoms with E-state index in [-0.39, 0.29) is 6.04 Å². The van der Waals surface area contributed by atoms with Crippen LogP contribution in [0.25, 0.3) is 0 Å². The zero-order valence-electron chi connectivity index (χ0n) is 17.0. The molecule has 0 bridgehead atoms. The van der Waals surface area contributed by atoms with Crippen LogP contribution in [-0.2, 0) is 0 Å². The van der Waals surface area contributed by atoms with E-state index in [9.17, 15) is 0 Å². The van der Waals surface area contributed by atoms with E-state index in [4.69, 9.17) is 11.6 Å². The predicted molar refractivity (Wildman–Crippen MR) is 126 cm³/mol. The Bertz CT molecular complexity index is 915. The lowest BCUT2D eigenvalue weighted by atomic mass is 10.1. The van der Waals surface area contributed by atoms with Crippen LogP contribution in [0.2, 0.25) is 5.02 Å². The quantitative estimate of drug-likeness (QED) is 0.447. The molecule has 1 aliphatic heterocycles. The number of nitrogens with one attached hydrogen (secondary N) is 2. The summed E-state index contributed by atoms with van der Waals surface area (Å²) in [7, 11) is 1.82. The first-order chi connectivity index (χ1) is 14.7. The minimum atomic E-state index is 0.0523. The van der Waals surface area contributed by atoms with Crippen LogP contribution in [0.4, 0.5) is 5.00 Å². The van der Waals surface area contributed by atoms with Crippen molar-refractivity contribution in [2.45, 2.75) is 24.9 Å². The summed E-state index contributed by atoms with van der Waals surface area (Å²) in [4.78, 5) is 6.91. The monoisotopic (exact) mass is 442 g/mol. The van der Waals surface area contributed by atoms with Gasteiger partial charge in [-0.3, -0.25) is 9.67 Å². The number of halogens is 1. The molecule has 0 amide bonds. The fraction of sp³-hybridized carbons (Fsp3) is 0.364. The van der Waals surface area contributed by atoms with E-state index in [2.05, 4.69) is 43.1 Å². The van der Waals surface area contributed by atoms with Crippen molar-refractivity contribution < 1.29 is 0 Å². The van der Waals surface area contributed by atoms with Gasteiger partial charge in [0.15, 0.2) is 5.96 Å². The highest BCUT2D eigenvalue weighted by atomic mass is 35.5. The van der Waals surface area contributed by atoms with Gasteiger partial charge in [0.05, 0.1) is 11.0 Å². The largest absolute Gasteiger partial charge is 0.363 e. The van der Waals surface area contributed by atoms with Gasteiger partial charge in [0.1, 0.15) is 0 Å². The lowest BCUT2D eigenvalue weighted by molar-refractivity contribution is 0.457. The Kier molecular flexibility index (Phi) is 6.92. The molecule has 0 spiro atoms. The molecular formula is C22H27ClN6S. The number of benzene rings is 1. The summed E-state index contributed by atoms with van der Waals surface area (Å²) in [5.74, 6) is 0.829. The molecule has 1 unspecified atom stereocenters. The van der Waals surface area contributed by atoms with Crippen molar-refractivity contribution in [3.05, 3.63) is 70.8 Å². The molecule has 3 aromatic rings. The summed E-state index contributed by atoms with van der Waals surface area (Å²) < 4.78 is 1.96. The van der Waals surface area contributed by atoms with Crippen LogP contribution in [0.15, 0.2) is 65.2 Å². The molecular weight excluding hydrogens is 416 g/mol. The van der Waals surface area contributed by atoms with Gasteiger partial charge in [-0.15, -0.1) is 11.3 Å². The van der Waals surface area contributed by atoms with Crippen molar-refractivity contribution in [2.75, 3.05) is 31.6 Å². The molecule has 2 N–H and O–H groups in total. The summed E-state index contributed by atoms with van der Waals surface area (Å²) in [6.07, 6.45) is 5.98.